The summed E-state index contributed by atoms with van der Waals surface area (Å²) in [7, 11) is 0. The van der Waals surface area contributed by atoms with Crippen molar-refractivity contribution in [3.05, 3.63) is 24.0 Å². The van der Waals surface area contributed by atoms with E-state index in [1.807, 2.05) is 0 Å². The highest BCUT2D eigenvalue weighted by molar-refractivity contribution is 5.66. The molecule has 3 heteroatoms. The lowest BCUT2D eigenvalue weighted by Gasteiger charge is -2.14. The monoisotopic (exact) mass is 182 g/mol. The number of hydrogen-bond donors (Lipinski definition) is 2. The van der Waals surface area contributed by atoms with E-state index in [0.717, 1.165) is 12.1 Å². The zero-order valence-corrected chi connectivity index (χ0v) is 7.97. The molecule has 72 valence electrons. The number of halogens is 1. The third-order valence-corrected chi connectivity index (χ3v) is 2.03. The predicted octanol–water partition coefficient (Wildman–Crippen LogP) is 2.62. The Balaban J connectivity index is 2.77. The van der Waals surface area contributed by atoms with Gasteiger partial charge in [-0.3, -0.25) is 0 Å². The molecule has 0 saturated carbocycles. The van der Waals surface area contributed by atoms with Crippen LogP contribution in [0.15, 0.2) is 18.2 Å². The smallest absolute Gasteiger partial charge is 0.125 e. The second kappa shape index (κ2) is 4.12. The molecule has 1 atom stereocenters. The van der Waals surface area contributed by atoms with Crippen LogP contribution in [0.4, 0.5) is 15.8 Å². The standard InChI is InChI=1S/C10H15FN2/c1-3-7(2)13-10-5-4-8(11)6-9(10)12/h4-7,13H,3,12H2,1-2H3. The topological polar surface area (TPSA) is 38.0 Å². The van der Waals surface area contributed by atoms with Crippen molar-refractivity contribution < 1.29 is 4.39 Å². The molecular formula is C10H15FN2. The maximum Gasteiger partial charge on any atom is 0.125 e. The van der Waals surface area contributed by atoms with Crippen LogP contribution in [0.3, 0.4) is 0 Å². The first kappa shape index (κ1) is 9.84. The summed E-state index contributed by atoms with van der Waals surface area (Å²) < 4.78 is 12.7. The van der Waals surface area contributed by atoms with E-state index in [1.165, 1.54) is 12.1 Å². The maximum absolute atomic E-state index is 12.7. The first-order valence-corrected chi connectivity index (χ1v) is 4.45. The number of nitrogen functional groups attached to an aromatic ring is 1. The Kier molecular flexibility index (Phi) is 3.12. The third-order valence-electron chi connectivity index (χ3n) is 2.03. The Hall–Kier alpha value is -1.25. The summed E-state index contributed by atoms with van der Waals surface area (Å²) in [5.41, 5.74) is 6.88. The minimum atomic E-state index is -0.299. The summed E-state index contributed by atoms with van der Waals surface area (Å²) in [6, 6.07) is 4.75. The lowest BCUT2D eigenvalue weighted by atomic mass is 10.2. The fourth-order valence-corrected chi connectivity index (χ4v) is 1.03. The summed E-state index contributed by atoms with van der Waals surface area (Å²) >= 11 is 0. The Labute approximate surface area is 77.9 Å². The average molecular weight is 182 g/mol. The number of nitrogens with two attached hydrogens (primary N) is 1. The van der Waals surface area contributed by atoms with Gasteiger partial charge in [0.15, 0.2) is 0 Å². The maximum atomic E-state index is 12.7. The number of nitrogens with one attached hydrogen (secondary N) is 1. The fraction of sp³-hybridized carbons (Fsp3) is 0.400. The summed E-state index contributed by atoms with van der Waals surface area (Å²) in [6.07, 6.45) is 1.01. The van der Waals surface area contributed by atoms with Gasteiger partial charge in [-0.25, -0.2) is 4.39 Å². The molecule has 1 aromatic rings. The molecule has 1 rings (SSSR count). The van der Waals surface area contributed by atoms with Crippen molar-refractivity contribution in [2.75, 3.05) is 11.1 Å². The molecule has 1 aromatic carbocycles. The zero-order chi connectivity index (χ0) is 9.84. The van der Waals surface area contributed by atoms with Crippen molar-refractivity contribution in [3.8, 4) is 0 Å². The molecule has 0 aromatic heterocycles. The minimum absolute atomic E-state index is 0.299. The van der Waals surface area contributed by atoms with Crippen molar-refractivity contribution in [3.63, 3.8) is 0 Å². The van der Waals surface area contributed by atoms with Gasteiger partial charge < -0.3 is 11.1 Å². The van der Waals surface area contributed by atoms with E-state index in [2.05, 4.69) is 19.2 Å². The van der Waals surface area contributed by atoms with Crippen LogP contribution < -0.4 is 11.1 Å². The Morgan fingerprint density at radius 3 is 2.77 bits per heavy atom. The molecule has 0 spiro atoms. The number of benzene rings is 1. The highest BCUT2D eigenvalue weighted by Crippen LogP contribution is 2.20. The van der Waals surface area contributed by atoms with E-state index in [4.69, 9.17) is 5.73 Å². The van der Waals surface area contributed by atoms with Crippen molar-refractivity contribution >= 4 is 11.4 Å². The first-order chi connectivity index (χ1) is 6.13. The number of rotatable bonds is 3. The van der Waals surface area contributed by atoms with Gasteiger partial charge in [0.05, 0.1) is 11.4 Å². The van der Waals surface area contributed by atoms with Crippen molar-refractivity contribution in [2.24, 2.45) is 0 Å². The Bertz CT molecular complexity index is 286. The third kappa shape index (κ3) is 2.61. The molecule has 0 amide bonds. The second-order valence-corrected chi connectivity index (χ2v) is 3.19. The highest BCUT2D eigenvalue weighted by Gasteiger charge is 2.02. The second-order valence-electron chi connectivity index (χ2n) is 3.19. The molecule has 13 heavy (non-hydrogen) atoms. The number of hydrogen-bond acceptors (Lipinski definition) is 2. The SMILES string of the molecule is CCC(C)Nc1ccc(F)cc1N. The van der Waals surface area contributed by atoms with Crippen molar-refractivity contribution in [1.82, 2.24) is 0 Å². The van der Waals surface area contributed by atoms with Crippen molar-refractivity contribution in [2.45, 2.75) is 26.3 Å². The minimum Gasteiger partial charge on any atom is -0.397 e. The molecule has 3 N–H and O–H groups in total. The van der Waals surface area contributed by atoms with Gasteiger partial charge in [0.25, 0.3) is 0 Å². The summed E-state index contributed by atoms with van der Waals surface area (Å²) in [4.78, 5) is 0. The molecule has 0 heterocycles. The van der Waals surface area contributed by atoms with E-state index in [0.29, 0.717) is 11.7 Å². The van der Waals surface area contributed by atoms with Crippen molar-refractivity contribution in [1.29, 1.82) is 0 Å². The van der Waals surface area contributed by atoms with Crippen LogP contribution in [0.25, 0.3) is 0 Å². The molecule has 0 aliphatic carbocycles. The van der Waals surface area contributed by atoms with Gasteiger partial charge in [-0.1, -0.05) is 6.92 Å². The molecule has 0 saturated heterocycles. The largest absolute Gasteiger partial charge is 0.397 e. The van der Waals surface area contributed by atoms with Gasteiger partial charge in [-0.2, -0.15) is 0 Å². The molecule has 0 fully saturated rings. The summed E-state index contributed by atoms with van der Waals surface area (Å²) in [5, 5.41) is 3.20. The Morgan fingerprint density at radius 1 is 1.54 bits per heavy atom. The summed E-state index contributed by atoms with van der Waals surface area (Å²) in [6.45, 7) is 4.14. The van der Waals surface area contributed by atoms with E-state index in [9.17, 15) is 4.39 Å². The van der Waals surface area contributed by atoms with E-state index in [1.54, 1.807) is 6.07 Å². The molecule has 1 unspecified atom stereocenters. The van der Waals surface area contributed by atoms with Crippen LogP contribution in [0.2, 0.25) is 0 Å². The Morgan fingerprint density at radius 2 is 2.23 bits per heavy atom. The van der Waals surface area contributed by atoms with Crippen LogP contribution in [0.1, 0.15) is 20.3 Å². The van der Waals surface area contributed by atoms with Crippen LogP contribution >= 0.6 is 0 Å². The van der Waals surface area contributed by atoms with Gasteiger partial charge in [-0.15, -0.1) is 0 Å². The zero-order valence-electron chi connectivity index (χ0n) is 7.97. The molecule has 0 aliphatic heterocycles. The fourth-order valence-electron chi connectivity index (χ4n) is 1.03. The predicted molar refractivity (Wildman–Crippen MR) is 54.2 cm³/mol. The summed E-state index contributed by atoms with van der Waals surface area (Å²) in [5.74, 6) is -0.299. The van der Waals surface area contributed by atoms with E-state index >= 15 is 0 Å². The highest BCUT2D eigenvalue weighted by atomic mass is 19.1. The molecule has 0 aliphatic rings. The normalized spacial score (nSPS) is 12.5. The molecular weight excluding hydrogens is 167 g/mol. The molecule has 0 bridgehead atoms. The lowest BCUT2D eigenvalue weighted by Crippen LogP contribution is -2.14. The van der Waals surface area contributed by atoms with Crippen LogP contribution in [0.5, 0.6) is 0 Å². The van der Waals surface area contributed by atoms with Gasteiger partial charge in [0.1, 0.15) is 5.82 Å². The van der Waals surface area contributed by atoms with Crippen LogP contribution in [0, 0.1) is 5.82 Å². The van der Waals surface area contributed by atoms with Gasteiger partial charge in [0.2, 0.25) is 0 Å². The number of anilines is 2. The first-order valence-electron chi connectivity index (χ1n) is 4.45. The van der Waals surface area contributed by atoms with E-state index in [-0.39, 0.29) is 5.82 Å². The molecule has 0 radical (unpaired) electrons. The van der Waals surface area contributed by atoms with Crippen LogP contribution in [-0.4, -0.2) is 6.04 Å². The van der Waals surface area contributed by atoms with Crippen LogP contribution in [-0.2, 0) is 0 Å². The van der Waals surface area contributed by atoms with Gasteiger partial charge in [0, 0.05) is 6.04 Å². The average Bonchev–Trinajstić information content (AvgIpc) is 2.09. The van der Waals surface area contributed by atoms with Gasteiger partial charge in [-0.05, 0) is 31.5 Å². The lowest BCUT2D eigenvalue weighted by molar-refractivity contribution is 0.628. The quantitative estimate of drug-likeness (QED) is 0.705. The molecule has 2 nitrogen and oxygen atoms in total. The van der Waals surface area contributed by atoms with Gasteiger partial charge >= 0.3 is 0 Å². The van der Waals surface area contributed by atoms with E-state index < -0.39 is 0 Å².